The van der Waals surface area contributed by atoms with Gasteiger partial charge in [0.2, 0.25) is 0 Å². The van der Waals surface area contributed by atoms with Crippen molar-refractivity contribution in [1.29, 1.82) is 0 Å². The van der Waals surface area contributed by atoms with Crippen LogP contribution in [0.3, 0.4) is 0 Å². The molecule has 0 fully saturated rings. The molecule has 22 heavy (non-hydrogen) atoms. The van der Waals surface area contributed by atoms with Crippen molar-refractivity contribution < 1.29 is 14.3 Å². The van der Waals surface area contributed by atoms with E-state index in [1.807, 2.05) is 30.3 Å². The number of amides is 2. The molecule has 2 rings (SSSR count). The molecule has 1 heterocycles. The fourth-order valence-electron chi connectivity index (χ4n) is 1.87. The van der Waals surface area contributed by atoms with Gasteiger partial charge < -0.3 is 10.1 Å². The van der Waals surface area contributed by atoms with Gasteiger partial charge in [-0.25, -0.2) is 9.59 Å². The molecule has 0 atom stereocenters. The lowest BCUT2D eigenvalue weighted by molar-refractivity contribution is 0.0527. The third-order valence-electron chi connectivity index (χ3n) is 2.96. The molecule has 0 spiro atoms. The van der Waals surface area contributed by atoms with E-state index in [1.54, 1.807) is 14.0 Å². The second-order valence-electron chi connectivity index (χ2n) is 4.54. The summed E-state index contributed by atoms with van der Waals surface area (Å²) in [5.41, 5.74) is 1.20. The molecule has 1 aromatic heterocycles. The first kappa shape index (κ1) is 15.6. The number of nitrogens with one attached hydrogen (secondary N) is 2. The van der Waals surface area contributed by atoms with Crippen LogP contribution in [-0.4, -0.2) is 28.4 Å². The van der Waals surface area contributed by atoms with E-state index in [0.29, 0.717) is 12.4 Å². The van der Waals surface area contributed by atoms with E-state index in [2.05, 4.69) is 15.7 Å². The molecule has 0 unspecified atom stereocenters. The van der Waals surface area contributed by atoms with Crippen molar-refractivity contribution in [3.8, 4) is 0 Å². The van der Waals surface area contributed by atoms with Gasteiger partial charge in [-0.05, 0) is 12.5 Å². The minimum absolute atomic E-state index is 0.221. The van der Waals surface area contributed by atoms with Crippen LogP contribution in [0.15, 0.2) is 36.5 Å². The van der Waals surface area contributed by atoms with Crippen LogP contribution in [0.1, 0.15) is 22.8 Å². The monoisotopic (exact) mass is 302 g/mol. The van der Waals surface area contributed by atoms with Crippen LogP contribution in [0.25, 0.3) is 0 Å². The lowest BCUT2D eigenvalue weighted by Gasteiger charge is -2.09. The van der Waals surface area contributed by atoms with Gasteiger partial charge in [-0.2, -0.15) is 5.10 Å². The molecule has 2 N–H and O–H groups in total. The zero-order valence-electron chi connectivity index (χ0n) is 12.5. The highest BCUT2D eigenvalue weighted by Crippen LogP contribution is 2.15. The van der Waals surface area contributed by atoms with E-state index >= 15 is 0 Å². The lowest BCUT2D eigenvalue weighted by atomic mass is 10.2. The summed E-state index contributed by atoms with van der Waals surface area (Å²) in [5, 5.41) is 9.30. The van der Waals surface area contributed by atoms with Gasteiger partial charge in [-0.3, -0.25) is 10.00 Å². The van der Waals surface area contributed by atoms with Gasteiger partial charge in [0.1, 0.15) is 11.4 Å². The number of anilines is 1. The fourth-order valence-corrected chi connectivity index (χ4v) is 1.87. The van der Waals surface area contributed by atoms with Gasteiger partial charge in [0.15, 0.2) is 0 Å². The first-order valence-electron chi connectivity index (χ1n) is 6.89. The van der Waals surface area contributed by atoms with Gasteiger partial charge in [-0.1, -0.05) is 30.3 Å². The van der Waals surface area contributed by atoms with Crippen LogP contribution in [0.4, 0.5) is 10.6 Å². The van der Waals surface area contributed by atoms with Gasteiger partial charge >= 0.3 is 12.0 Å². The lowest BCUT2D eigenvalue weighted by Crippen LogP contribution is -2.29. The molecule has 0 aliphatic heterocycles. The third-order valence-corrected chi connectivity index (χ3v) is 2.96. The Morgan fingerprint density at radius 2 is 2.00 bits per heavy atom. The van der Waals surface area contributed by atoms with E-state index in [9.17, 15) is 9.59 Å². The minimum atomic E-state index is -0.519. The number of ether oxygens (including phenoxy) is 1. The largest absolute Gasteiger partial charge is 0.462 e. The summed E-state index contributed by atoms with van der Waals surface area (Å²) in [6.45, 7) is 2.36. The Balaban J connectivity index is 1.99. The maximum Gasteiger partial charge on any atom is 0.343 e. The Bertz CT molecular complexity index is 652. The molecule has 1 aromatic carbocycles. The van der Waals surface area contributed by atoms with Gasteiger partial charge in [0.25, 0.3) is 0 Å². The summed E-state index contributed by atoms with van der Waals surface area (Å²) in [5.74, 6) is -0.224. The van der Waals surface area contributed by atoms with E-state index in [1.165, 1.54) is 10.9 Å². The molecule has 2 amide bonds. The Kier molecular flexibility index (Phi) is 5.13. The number of aryl methyl sites for hydroxylation is 1. The molecule has 0 aliphatic carbocycles. The molecule has 7 heteroatoms. The number of hydrogen-bond donors (Lipinski definition) is 2. The van der Waals surface area contributed by atoms with E-state index < -0.39 is 12.0 Å². The summed E-state index contributed by atoms with van der Waals surface area (Å²) in [6, 6.07) is 9.11. The average molecular weight is 302 g/mol. The van der Waals surface area contributed by atoms with Crippen LogP contribution in [-0.2, 0) is 18.3 Å². The second kappa shape index (κ2) is 7.26. The standard InChI is InChI=1S/C15H18N4O3/c1-3-22-14(20)12-10-17-19(2)13(12)18-15(21)16-9-11-7-5-4-6-8-11/h4-8,10H,3,9H2,1-2H3,(H2,16,18,21). The Labute approximate surface area is 128 Å². The van der Waals surface area contributed by atoms with E-state index in [4.69, 9.17) is 4.74 Å². The number of carbonyl (C=O) groups excluding carboxylic acids is 2. The highest BCUT2D eigenvalue weighted by molar-refractivity contribution is 5.99. The summed E-state index contributed by atoms with van der Waals surface area (Å²) in [6.07, 6.45) is 1.37. The number of rotatable bonds is 5. The number of nitrogens with zero attached hydrogens (tertiary/aromatic N) is 2. The van der Waals surface area contributed by atoms with Crippen molar-refractivity contribution in [3.63, 3.8) is 0 Å². The van der Waals surface area contributed by atoms with Crippen molar-refractivity contribution in [2.45, 2.75) is 13.5 Å². The summed E-state index contributed by atoms with van der Waals surface area (Å²) in [7, 11) is 1.63. The Morgan fingerprint density at radius 3 is 2.68 bits per heavy atom. The SMILES string of the molecule is CCOC(=O)c1cnn(C)c1NC(=O)NCc1ccccc1. The highest BCUT2D eigenvalue weighted by Gasteiger charge is 2.18. The quantitative estimate of drug-likeness (QED) is 0.826. The van der Waals surface area contributed by atoms with Gasteiger partial charge in [0.05, 0.1) is 12.8 Å². The van der Waals surface area contributed by atoms with Gasteiger partial charge in [0, 0.05) is 13.6 Å². The molecule has 0 radical (unpaired) electrons. The number of aromatic nitrogens is 2. The van der Waals surface area contributed by atoms with E-state index in [0.717, 1.165) is 5.56 Å². The number of benzene rings is 1. The van der Waals surface area contributed by atoms with Crippen molar-refractivity contribution in [3.05, 3.63) is 47.7 Å². The maximum atomic E-state index is 12.0. The molecule has 0 bridgehead atoms. The van der Waals surface area contributed by atoms with Crippen molar-refractivity contribution in [2.24, 2.45) is 7.05 Å². The maximum absolute atomic E-state index is 12.0. The van der Waals surface area contributed by atoms with Crippen LogP contribution >= 0.6 is 0 Å². The smallest absolute Gasteiger partial charge is 0.343 e. The summed E-state index contributed by atoms with van der Waals surface area (Å²) >= 11 is 0. The summed E-state index contributed by atoms with van der Waals surface area (Å²) in [4.78, 5) is 23.7. The van der Waals surface area contributed by atoms with Crippen LogP contribution < -0.4 is 10.6 Å². The van der Waals surface area contributed by atoms with Crippen LogP contribution in [0.5, 0.6) is 0 Å². The number of hydrogen-bond acceptors (Lipinski definition) is 4. The number of carbonyl (C=O) groups is 2. The zero-order valence-corrected chi connectivity index (χ0v) is 12.5. The molecule has 0 saturated carbocycles. The molecular weight excluding hydrogens is 284 g/mol. The molecule has 0 saturated heterocycles. The molecule has 2 aromatic rings. The Morgan fingerprint density at radius 1 is 1.27 bits per heavy atom. The molecular formula is C15H18N4O3. The second-order valence-corrected chi connectivity index (χ2v) is 4.54. The van der Waals surface area contributed by atoms with Crippen molar-refractivity contribution in [2.75, 3.05) is 11.9 Å². The van der Waals surface area contributed by atoms with E-state index in [-0.39, 0.29) is 12.2 Å². The summed E-state index contributed by atoms with van der Waals surface area (Å²) < 4.78 is 6.34. The predicted octanol–water partition coefficient (Wildman–Crippen LogP) is 1.92. The predicted molar refractivity (Wildman–Crippen MR) is 81.5 cm³/mol. The van der Waals surface area contributed by atoms with Crippen LogP contribution in [0.2, 0.25) is 0 Å². The fraction of sp³-hybridized carbons (Fsp3) is 0.267. The first-order chi connectivity index (χ1) is 10.6. The zero-order chi connectivity index (χ0) is 15.9. The highest BCUT2D eigenvalue weighted by atomic mass is 16.5. The molecule has 116 valence electrons. The topological polar surface area (TPSA) is 85.2 Å². The van der Waals surface area contributed by atoms with Crippen molar-refractivity contribution in [1.82, 2.24) is 15.1 Å². The minimum Gasteiger partial charge on any atom is -0.462 e. The normalized spacial score (nSPS) is 10.1. The number of urea groups is 1. The molecule has 7 nitrogen and oxygen atoms in total. The van der Waals surface area contributed by atoms with Crippen LogP contribution in [0, 0.1) is 0 Å². The third kappa shape index (κ3) is 3.85. The Hall–Kier alpha value is -2.83. The number of esters is 1. The molecule has 0 aliphatic rings. The average Bonchev–Trinajstić information content (AvgIpc) is 2.88. The van der Waals surface area contributed by atoms with Gasteiger partial charge in [-0.15, -0.1) is 0 Å². The van der Waals surface area contributed by atoms with Crippen molar-refractivity contribution >= 4 is 17.8 Å². The first-order valence-corrected chi connectivity index (χ1v) is 6.89.